The van der Waals surface area contributed by atoms with E-state index in [1.165, 1.54) is 23.8 Å². The summed E-state index contributed by atoms with van der Waals surface area (Å²) < 4.78 is 39.5. The van der Waals surface area contributed by atoms with Gasteiger partial charge in [0.15, 0.2) is 0 Å². The van der Waals surface area contributed by atoms with Crippen molar-refractivity contribution < 1.29 is 23.0 Å². The maximum atomic E-state index is 14.3. The van der Waals surface area contributed by atoms with Crippen LogP contribution in [0.3, 0.4) is 0 Å². The van der Waals surface area contributed by atoms with E-state index in [1.54, 1.807) is 18.2 Å². The lowest BCUT2D eigenvalue weighted by atomic mass is 9.98. The van der Waals surface area contributed by atoms with E-state index in [-0.39, 0.29) is 30.6 Å². The minimum absolute atomic E-state index is 0.0399. The third-order valence-corrected chi connectivity index (χ3v) is 3.74. The monoisotopic (exact) mass is 323 g/mol. The van der Waals surface area contributed by atoms with Gasteiger partial charge in [-0.15, -0.1) is 10.2 Å². The summed E-state index contributed by atoms with van der Waals surface area (Å²) in [5.41, 5.74) is 0. The highest BCUT2D eigenvalue weighted by Gasteiger charge is 2.43. The van der Waals surface area contributed by atoms with Crippen LogP contribution < -0.4 is 4.74 Å². The molecule has 0 fully saturated rings. The van der Waals surface area contributed by atoms with Crippen molar-refractivity contribution in [2.24, 2.45) is 5.92 Å². The average molecular weight is 323 g/mol. The Bertz CT molecular complexity index is 703. The summed E-state index contributed by atoms with van der Waals surface area (Å²) in [6.45, 7) is 0.213. The van der Waals surface area contributed by atoms with Crippen LogP contribution in [-0.4, -0.2) is 27.8 Å². The third kappa shape index (κ3) is 3.01. The molecule has 1 unspecified atom stereocenters. The van der Waals surface area contributed by atoms with Crippen molar-refractivity contribution >= 4 is 5.97 Å². The molecule has 1 aliphatic heterocycles. The van der Waals surface area contributed by atoms with Crippen LogP contribution in [0.4, 0.5) is 8.78 Å². The average Bonchev–Trinajstić information content (AvgIpc) is 2.98. The Morgan fingerprint density at radius 2 is 2.04 bits per heavy atom. The van der Waals surface area contributed by atoms with Crippen LogP contribution in [0.5, 0.6) is 5.75 Å². The zero-order valence-electron chi connectivity index (χ0n) is 12.4. The number of rotatable bonds is 4. The van der Waals surface area contributed by atoms with Crippen LogP contribution in [0.15, 0.2) is 30.3 Å². The number of para-hydroxylation sites is 1. The number of carbonyl (C=O) groups is 1. The number of fused-ring (bicyclic) bond motifs is 1. The summed E-state index contributed by atoms with van der Waals surface area (Å²) in [4.78, 5) is 11.6. The van der Waals surface area contributed by atoms with Gasteiger partial charge in [-0.2, -0.15) is 8.78 Å². The summed E-state index contributed by atoms with van der Waals surface area (Å²) in [5, 5.41) is 7.35. The smallest absolute Gasteiger partial charge is 0.462 e. The number of benzene rings is 1. The SMILES string of the molecule is COC(=O)C1CCn2c(nnc2C(F)(F)Oc2ccccc2)C1. The Balaban J connectivity index is 1.82. The van der Waals surface area contributed by atoms with Gasteiger partial charge in [-0.05, 0) is 18.6 Å². The van der Waals surface area contributed by atoms with E-state index in [2.05, 4.69) is 14.9 Å². The molecule has 0 radical (unpaired) electrons. The summed E-state index contributed by atoms with van der Waals surface area (Å²) in [7, 11) is 1.30. The lowest BCUT2D eigenvalue weighted by Crippen LogP contribution is -2.32. The minimum atomic E-state index is -3.61. The zero-order chi connectivity index (χ0) is 16.4. The molecule has 3 rings (SSSR count). The van der Waals surface area contributed by atoms with Gasteiger partial charge in [0.2, 0.25) is 5.82 Å². The number of hydrogen-bond donors (Lipinski definition) is 0. The fourth-order valence-electron chi connectivity index (χ4n) is 2.59. The number of methoxy groups -OCH3 is 1. The van der Waals surface area contributed by atoms with Crippen LogP contribution in [0.2, 0.25) is 0 Å². The van der Waals surface area contributed by atoms with Crippen molar-refractivity contribution in [1.82, 2.24) is 14.8 Å². The van der Waals surface area contributed by atoms with Gasteiger partial charge in [0.05, 0.1) is 13.0 Å². The molecule has 6 nitrogen and oxygen atoms in total. The Morgan fingerprint density at radius 3 is 2.74 bits per heavy atom. The van der Waals surface area contributed by atoms with Gasteiger partial charge < -0.3 is 14.0 Å². The van der Waals surface area contributed by atoms with Crippen molar-refractivity contribution in [3.05, 3.63) is 42.0 Å². The van der Waals surface area contributed by atoms with E-state index in [0.717, 1.165) is 0 Å². The number of halogens is 2. The van der Waals surface area contributed by atoms with Crippen LogP contribution in [0.25, 0.3) is 0 Å². The third-order valence-electron chi connectivity index (χ3n) is 3.74. The highest BCUT2D eigenvalue weighted by Crippen LogP contribution is 2.32. The van der Waals surface area contributed by atoms with E-state index in [0.29, 0.717) is 12.2 Å². The number of aromatic nitrogens is 3. The largest absolute Gasteiger partial charge is 0.469 e. The molecule has 23 heavy (non-hydrogen) atoms. The van der Waals surface area contributed by atoms with Gasteiger partial charge in [-0.25, -0.2) is 0 Å². The number of esters is 1. The van der Waals surface area contributed by atoms with Gasteiger partial charge in [0.25, 0.3) is 0 Å². The topological polar surface area (TPSA) is 66.2 Å². The van der Waals surface area contributed by atoms with Gasteiger partial charge in [-0.3, -0.25) is 4.79 Å². The molecule has 1 aliphatic rings. The summed E-state index contributed by atoms with van der Waals surface area (Å²) >= 11 is 0. The van der Waals surface area contributed by atoms with Crippen molar-refractivity contribution in [3.63, 3.8) is 0 Å². The fourth-order valence-corrected chi connectivity index (χ4v) is 2.59. The molecule has 0 spiro atoms. The number of hydrogen-bond acceptors (Lipinski definition) is 5. The van der Waals surface area contributed by atoms with E-state index in [1.807, 2.05) is 0 Å². The van der Waals surface area contributed by atoms with Gasteiger partial charge in [-0.1, -0.05) is 18.2 Å². The second-order valence-corrected chi connectivity index (χ2v) is 5.24. The summed E-state index contributed by atoms with van der Waals surface area (Å²) in [5.74, 6) is -0.933. The molecular weight excluding hydrogens is 308 g/mol. The molecule has 8 heteroatoms. The molecule has 122 valence electrons. The highest BCUT2D eigenvalue weighted by atomic mass is 19.3. The van der Waals surface area contributed by atoms with Gasteiger partial charge in [0, 0.05) is 13.0 Å². The standard InChI is InChI=1S/C15H15F2N3O3/c1-22-13(21)10-7-8-20-12(9-10)18-19-14(20)15(16,17)23-11-5-3-2-4-6-11/h2-6,10H,7-9H2,1H3. The minimum Gasteiger partial charge on any atom is -0.469 e. The molecule has 2 aromatic rings. The number of nitrogens with zero attached hydrogens (tertiary/aromatic N) is 3. The van der Waals surface area contributed by atoms with Crippen molar-refractivity contribution in [3.8, 4) is 5.75 Å². The zero-order valence-corrected chi connectivity index (χ0v) is 12.4. The van der Waals surface area contributed by atoms with E-state index < -0.39 is 11.9 Å². The molecule has 1 aromatic heterocycles. The quantitative estimate of drug-likeness (QED) is 0.807. The number of alkyl halides is 2. The molecule has 0 aliphatic carbocycles. The van der Waals surface area contributed by atoms with E-state index in [4.69, 9.17) is 4.74 Å². The maximum Gasteiger partial charge on any atom is 0.462 e. The highest BCUT2D eigenvalue weighted by molar-refractivity contribution is 5.72. The summed E-state index contributed by atoms with van der Waals surface area (Å²) in [6.07, 6.45) is -2.99. The molecule has 2 heterocycles. The first-order valence-electron chi connectivity index (χ1n) is 7.13. The first kappa shape index (κ1) is 15.4. The lowest BCUT2D eigenvalue weighted by molar-refractivity contribution is -0.194. The Morgan fingerprint density at radius 1 is 1.30 bits per heavy atom. The van der Waals surface area contributed by atoms with Crippen LogP contribution in [0.1, 0.15) is 18.1 Å². The Labute approximate surface area is 131 Å². The molecule has 0 saturated heterocycles. The van der Waals surface area contributed by atoms with Crippen LogP contribution in [-0.2, 0) is 28.6 Å². The first-order valence-corrected chi connectivity index (χ1v) is 7.13. The summed E-state index contributed by atoms with van der Waals surface area (Å²) in [6, 6.07) is 7.79. The second-order valence-electron chi connectivity index (χ2n) is 5.24. The van der Waals surface area contributed by atoms with Crippen LogP contribution >= 0.6 is 0 Å². The Hall–Kier alpha value is -2.51. The normalized spacial score (nSPS) is 17.4. The van der Waals surface area contributed by atoms with Crippen molar-refractivity contribution in [2.75, 3.05) is 7.11 Å². The molecule has 0 bridgehead atoms. The predicted octanol–water partition coefficient (Wildman–Crippen LogP) is 2.14. The second kappa shape index (κ2) is 5.94. The fraction of sp³-hybridized carbons (Fsp3) is 0.400. The molecular formula is C15H15F2N3O3. The molecule has 1 atom stereocenters. The van der Waals surface area contributed by atoms with E-state index >= 15 is 0 Å². The van der Waals surface area contributed by atoms with Gasteiger partial charge in [0.1, 0.15) is 11.6 Å². The van der Waals surface area contributed by atoms with E-state index in [9.17, 15) is 13.6 Å². The maximum absolute atomic E-state index is 14.3. The lowest BCUT2D eigenvalue weighted by Gasteiger charge is -2.23. The number of carbonyl (C=O) groups excluding carboxylic acids is 1. The first-order chi connectivity index (χ1) is 11.0. The van der Waals surface area contributed by atoms with Gasteiger partial charge >= 0.3 is 12.1 Å². The molecule has 0 amide bonds. The molecule has 0 N–H and O–H groups in total. The Kier molecular flexibility index (Phi) is 3.97. The van der Waals surface area contributed by atoms with Crippen molar-refractivity contribution in [2.45, 2.75) is 25.5 Å². The number of ether oxygens (including phenoxy) is 2. The molecule has 0 saturated carbocycles. The van der Waals surface area contributed by atoms with Crippen molar-refractivity contribution in [1.29, 1.82) is 0 Å². The van der Waals surface area contributed by atoms with Crippen LogP contribution in [0, 0.1) is 5.92 Å². The molecule has 1 aromatic carbocycles. The predicted molar refractivity (Wildman–Crippen MR) is 74.8 cm³/mol.